The number of nitrogens with zero attached hydrogens (tertiary/aromatic N) is 3. The van der Waals surface area contributed by atoms with E-state index in [1.807, 2.05) is 13.1 Å². The van der Waals surface area contributed by atoms with Crippen molar-refractivity contribution in [3.8, 4) is 0 Å². The summed E-state index contributed by atoms with van der Waals surface area (Å²) in [6.45, 7) is 5.95. The van der Waals surface area contributed by atoms with E-state index < -0.39 is 0 Å². The van der Waals surface area contributed by atoms with Gasteiger partial charge in [-0.15, -0.1) is 0 Å². The van der Waals surface area contributed by atoms with Crippen LogP contribution < -0.4 is 16.2 Å². The van der Waals surface area contributed by atoms with Gasteiger partial charge in [0, 0.05) is 49.7 Å². The van der Waals surface area contributed by atoms with Gasteiger partial charge < -0.3 is 10.2 Å². The van der Waals surface area contributed by atoms with Crippen LogP contribution in [0.3, 0.4) is 0 Å². The molecule has 4 heterocycles. The lowest BCUT2D eigenvalue weighted by Crippen LogP contribution is -2.64. The first-order valence-electron chi connectivity index (χ1n) is 12.9. The number of benzene rings is 1. The zero-order chi connectivity index (χ0) is 23.1. The number of urea groups is 1. The van der Waals surface area contributed by atoms with Crippen LogP contribution in [0.25, 0.3) is 0 Å². The van der Waals surface area contributed by atoms with E-state index in [-0.39, 0.29) is 18.1 Å². The van der Waals surface area contributed by atoms with Crippen LogP contribution in [0.4, 0.5) is 4.79 Å². The molecule has 2 amide bonds. The van der Waals surface area contributed by atoms with E-state index in [2.05, 4.69) is 73.4 Å². The number of aromatic nitrogens is 1. The number of amides is 2. The van der Waals surface area contributed by atoms with Gasteiger partial charge in [-0.25, -0.2) is 10.2 Å². The molecule has 4 fully saturated rings. The lowest BCUT2D eigenvalue weighted by atomic mass is 9.71. The number of aryl methyl sites for hydroxylation is 1. The number of carbonyl (C=O) groups is 1. The van der Waals surface area contributed by atoms with E-state index >= 15 is 0 Å². The lowest BCUT2D eigenvalue weighted by molar-refractivity contribution is 0.0523. The summed E-state index contributed by atoms with van der Waals surface area (Å²) in [7, 11) is 0. The summed E-state index contributed by atoms with van der Waals surface area (Å²) in [4.78, 5) is 22.4. The van der Waals surface area contributed by atoms with Crippen LogP contribution in [0.5, 0.6) is 0 Å². The number of pyridine rings is 1. The van der Waals surface area contributed by atoms with Crippen molar-refractivity contribution < 1.29 is 4.79 Å². The summed E-state index contributed by atoms with van der Waals surface area (Å²) >= 11 is 0. The molecule has 2 aromatic rings. The number of piperidine rings is 1. The van der Waals surface area contributed by atoms with Crippen molar-refractivity contribution in [3.63, 3.8) is 0 Å². The predicted octanol–water partition coefficient (Wildman–Crippen LogP) is 2.99. The SMILES string of the molecule is Cc1ccc(C2NNC3CC4NC(=O)N([C@@H]5CCCN(Cc6ccccc6)C5)CC4CC32)cn1. The minimum Gasteiger partial charge on any atom is -0.335 e. The van der Waals surface area contributed by atoms with Gasteiger partial charge >= 0.3 is 6.03 Å². The van der Waals surface area contributed by atoms with Crippen molar-refractivity contribution >= 4 is 6.03 Å². The Labute approximate surface area is 202 Å². The summed E-state index contributed by atoms with van der Waals surface area (Å²) in [5.41, 5.74) is 10.7. The second kappa shape index (κ2) is 9.29. The van der Waals surface area contributed by atoms with E-state index in [1.165, 1.54) is 11.1 Å². The first-order chi connectivity index (χ1) is 16.6. The Morgan fingerprint density at radius 2 is 1.91 bits per heavy atom. The third kappa shape index (κ3) is 4.32. The number of carbonyl (C=O) groups excluding carboxylic acids is 1. The molecule has 6 atom stereocenters. The smallest absolute Gasteiger partial charge is 0.317 e. The molecule has 3 aliphatic heterocycles. The zero-order valence-electron chi connectivity index (χ0n) is 20.0. The Balaban J connectivity index is 1.13. The monoisotopic (exact) mass is 460 g/mol. The molecule has 0 bridgehead atoms. The van der Waals surface area contributed by atoms with Gasteiger partial charge in [0.1, 0.15) is 0 Å². The molecule has 1 aromatic carbocycles. The fourth-order valence-electron chi connectivity index (χ4n) is 6.69. The van der Waals surface area contributed by atoms with Crippen LogP contribution in [0.1, 0.15) is 48.5 Å². The van der Waals surface area contributed by atoms with Gasteiger partial charge in [-0.2, -0.15) is 0 Å². The van der Waals surface area contributed by atoms with Gasteiger partial charge in [-0.05, 0) is 68.2 Å². The third-order valence-corrected chi connectivity index (χ3v) is 8.49. The highest BCUT2D eigenvalue weighted by atomic mass is 16.2. The molecular weight excluding hydrogens is 424 g/mol. The van der Waals surface area contributed by atoms with Crippen molar-refractivity contribution in [2.75, 3.05) is 19.6 Å². The van der Waals surface area contributed by atoms with Crippen LogP contribution in [-0.4, -0.2) is 58.6 Å². The van der Waals surface area contributed by atoms with Crippen molar-refractivity contribution in [1.82, 2.24) is 31.0 Å². The maximum absolute atomic E-state index is 13.2. The van der Waals surface area contributed by atoms with Crippen molar-refractivity contribution in [1.29, 1.82) is 0 Å². The summed E-state index contributed by atoms with van der Waals surface area (Å²) in [6.07, 6.45) is 6.37. The molecule has 3 N–H and O–H groups in total. The fourth-order valence-corrected chi connectivity index (χ4v) is 6.69. The number of likely N-dealkylation sites (tertiary alicyclic amines) is 1. The second-order valence-corrected chi connectivity index (χ2v) is 10.7. The van der Waals surface area contributed by atoms with Crippen LogP contribution in [0, 0.1) is 18.8 Å². The van der Waals surface area contributed by atoms with Gasteiger partial charge in [-0.3, -0.25) is 15.3 Å². The number of hydrazine groups is 1. The largest absolute Gasteiger partial charge is 0.335 e. The molecule has 4 aliphatic rings. The molecule has 1 aromatic heterocycles. The Bertz CT molecular complexity index is 998. The van der Waals surface area contributed by atoms with E-state index in [0.29, 0.717) is 23.9 Å². The fraction of sp³-hybridized carbons (Fsp3) is 0.556. The molecule has 5 unspecified atom stereocenters. The van der Waals surface area contributed by atoms with Crippen LogP contribution in [0.15, 0.2) is 48.7 Å². The maximum Gasteiger partial charge on any atom is 0.317 e. The number of rotatable bonds is 4. The summed E-state index contributed by atoms with van der Waals surface area (Å²) in [5, 5.41) is 3.39. The van der Waals surface area contributed by atoms with Gasteiger partial charge in [0.25, 0.3) is 0 Å². The second-order valence-electron chi connectivity index (χ2n) is 10.7. The van der Waals surface area contributed by atoms with Crippen LogP contribution >= 0.6 is 0 Å². The van der Waals surface area contributed by atoms with E-state index in [1.54, 1.807) is 0 Å². The van der Waals surface area contributed by atoms with E-state index in [4.69, 9.17) is 0 Å². The summed E-state index contributed by atoms with van der Waals surface area (Å²) in [6, 6.07) is 16.3. The minimum absolute atomic E-state index is 0.136. The molecule has 6 rings (SSSR count). The standard InChI is InChI=1S/C27H36N6O/c1-18-9-10-20(14-28-18)26-23-12-21-16-33(27(34)29-24(21)13-25(23)30-31-26)22-8-5-11-32(17-22)15-19-6-3-2-4-7-19/h2-4,6-7,9-10,14,21-26,30-31H,5,8,11-13,15-17H2,1H3,(H,29,34)/t21?,22-,23?,24?,25?,26?/m1/s1. The van der Waals surface area contributed by atoms with Crippen molar-refractivity contribution in [2.24, 2.45) is 11.8 Å². The first-order valence-corrected chi connectivity index (χ1v) is 12.9. The van der Waals surface area contributed by atoms with Crippen LogP contribution in [0.2, 0.25) is 0 Å². The predicted molar refractivity (Wildman–Crippen MR) is 132 cm³/mol. The number of hydrogen-bond donors (Lipinski definition) is 3. The maximum atomic E-state index is 13.2. The summed E-state index contributed by atoms with van der Waals surface area (Å²) in [5.74, 6) is 1.01. The quantitative estimate of drug-likeness (QED) is 0.654. The van der Waals surface area contributed by atoms with Crippen LogP contribution in [-0.2, 0) is 6.54 Å². The highest BCUT2D eigenvalue weighted by Gasteiger charge is 2.48. The summed E-state index contributed by atoms with van der Waals surface area (Å²) < 4.78 is 0. The Morgan fingerprint density at radius 1 is 1.03 bits per heavy atom. The topological polar surface area (TPSA) is 72.5 Å². The molecule has 0 radical (unpaired) electrons. The highest BCUT2D eigenvalue weighted by Crippen LogP contribution is 2.42. The zero-order valence-corrected chi connectivity index (χ0v) is 20.0. The molecule has 7 heteroatoms. The minimum atomic E-state index is 0.136. The Kier molecular flexibility index (Phi) is 6.01. The van der Waals surface area contributed by atoms with Crippen molar-refractivity contribution in [2.45, 2.75) is 63.3 Å². The molecule has 1 aliphatic carbocycles. The molecule has 1 saturated carbocycles. The van der Waals surface area contributed by atoms with E-state index in [9.17, 15) is 4.79 Å². The molecule has 0 spiro atoms. The van der Waals surface area contributed by atoms with E-state index in [0.717, 1.165) is 57.6 Å². The van der Waals surface area contributed by atoms with Gasteiger partial charge in [0.15, 0.2) is 0 Å². The molecule has 3 saturated heterocycles. The Morgan fingerprint density at radius 3 is 2.74 bits per heavy atom. The van der Waals surface area contributed by atoms with Crippen molar-refractivity contribution in [3.05, 3.63) is 65.5 Å². The number of hydrogen-bond acceptors (Lipinski definition) is 5. The number of nitrogens with one attached hydrogen (secondary N) is 3. The number of fused-ring (bicyclic) bond motifs is 2. The average molecular weight is 461 g/mol. The molecular formula is C27H36N6O. The van der Waals surface area contributed by atoms with Gasteiger partial charge in [0.05, 0.1) is 6.04 Å². The van der Waals surface area contributed by atoms with Gasteiger partial charge in [0.2, 0.25) is 0 Å². The molecule has 180 valence electrons. The highest BCUT2D eigenvalue weighted by molar-refractivity contribution is 5.76. The first kappa shape index (κ1) is 22.0. The third-order valence-electron chi connectivity index (χ3n) is 8.49. The molecule has 7 nitrogen and oxygen atoms in total. The normalized spacial score (nSPS) is 33.8. The Hall–Kier alpha value is -2.48. The average Bonchev–Trinajstić information content (AvgIpc) is 3.26. The lowest BCUT2D eigenvalue weighted by Gasteiger charge is -2.49. The van der Waals surface area contributed by atoms with Gasteiger partial charge in [-0.1, -0.05) is 36.4 Å². The molecule has 34 heavy (non-hydrogen) atoms.